The molecule has 15 heavy (non-hydrogen) atoms. The van der Waals surface area contributed by atoms with Crippen LogP contribution in [0.15, 0.2) is 0 Å². The predicted octanol–water partition coefficient (Wildman–Crippen LogP) is 2.19. The Morgan fingerprint density at radius 1 is 1.53 bits per heavy atom. The second-order valence-electron chi connectivity index (χ2n) is 4.57. The van der Waals surface area contributed by atoms with Crippen molar-refractivity contribution in [1.82, 2.24) is 4.90 Å². The van der Waals surface area contributed by atoms with Gasteiger partial charge in [0.15, 0.2) is 0 Å². The van der Waals surface area contributed by atoms with E-state index in [0.29, 0.717) is 18.5 Å². The third-order valence-electron chi connectivity index (χ3n) is 3.35. The van der Waals surface area contributed by atoms with Gasteiger partial charge in [-0.3, -0.25) is 4.79 Å². The van der Waals surface area contributed by atoms with E-state index in [4.69, 9.17) is 16.7 Å². The average Bonchev–Trinajstić information content (AvgIpc) is 2.18. The molecule has 0 heterocycles. The maximum Gasteiger partial charge on any atom is 0.322 e. The van der Waals surface area contributed by atoms with Crippen LogP contribution in [0.1, 0.15) is 32.6 Å². The molecule has 0 radical (unpaired) electrons. The van der Waals surface area contributed by atoms with Crippen molar-refractivity contribution >= 4 is 17.6 Å². The molecule has 1 N–H and O–H groups in total. The van der Waals surface area contributed by atoms with Crippen LogP contribution in [0.5, 0.6) is 0 Å². The van der Waals surface area contributed by atoms with Crippen LogP contribution in [0.4, 0.5) is 0 Å². The van der Waals surface area contributed by atoms with Gasteiger partial charge in [0.1, 0.15) is 5.38 Å². The van der Waals surface area contributed by atoms with E-state index in [-0.39, 0.29) is 0 Å². The first kappa shape index (κ1) is 12.8. The van der Waals surface area contributed by atoms with E-state index >= 15 is 0 Å². The summed E-state index contributed by atoms with van der Waals surface area (Å²) in [6.07, 6.45) is 4.96. The number of hydrogen-bond donors (Lipinski definition) is 1. The lowest BCUT2D eigenvalue weighted by Gasteiger charge is -2.36. The van der Waals surface area contributed by atoms with Crippen molar-refractivity contribution in [2.24, 2.45) is 5.92 Å². The van der Waals surface area contributed by atoms with E-state index in [1.807, 2.05) is 7.05 Å². The van der Waals surface area contributed by atoms with Crippen molar-refractivity contribution < 1.29 is 9.90 Å². The monoisotopic (exact) mass is 233 g/mol. The summed E-state index contributed by atoms with van der Waals surface area (Å²) in [5.41, 5.74) is 0. The summed E-state index contributed by atoms with van der Waals surface area (Å²) in [5.74, 6) is -0.270. The molecule has 3 nitrogen and oxygen atoms in total. The second kappa shape index (κ2) is 5.71. The van der Waals surface area contributed by atoms with Crippen molar-refractivity contribution in [3.63, 3.8) is 0 Å². The Kier molecular flexibility index (Phi) is 4.87. The molecule has 3 atom stereocenters. The summed E-state index contributed by atoms with van der Waals surface area (Å²) in [6, 6.07) is 0.499. The molecule has 1 saturated carbocycles. The van der Waals surface area contributed by atoms with Crippen LogP contribution < -0.4 is 0 Å². The SMILES string of the molecule is CC1CCCCC1N(C)CC(Cl)C(=O)O. The summed E-state index contributed by atoms with van der Waals surface area (Å²) in [5, 5.41) is 7.95. The third kappa shape index (κ3) is 3.65. The fourth-order valence-electron chi connectivity index (χ4n) is 2.42. The van der Waals surface area contributed by atoms with Crippen LogP contribution in [0, 0.1) is 5.92 Å². The van der Waals surface area contributed by atoms with Crippen molar-refractivity contribution in [1.29, 1.82) is 0 Å². The van der Waals surface area contributed by atoms with Gasteiger partial charge in [-0.05, 0) is 25.8 Å². The Morgan fingerprint density at radius 2 is 2.13 bits per heavy atom. The standard InChI is InChI=1S/C11H20ClNO2/c1-8-5-3-4-6-10(8)13(2)7-9(12)11(14)15/h8-10H,3-7H2,1-2H3,(H,14,15). The molecule has 1 aliphatic carbocycles. The molecule has 0 spiro atoms. The van der Waals surface area contributed by atoms with Crippen LogP contribution >= 0.6 is 11.6 Å². The van der Waals surface area contributed by atoms with Crippen molar-refractivity contribution in [3.8, 4) is 0 Å². The fraction of sp³-hybridized carbons (Fsp3) is 0.909. The quantitative estimate of drug-likeness (QED) is 0.757. The van der Waals surface area contributed by atoms with Gasteiger partial charge in [0.25, 0.3) is 0 Å². The minimum atomic E-state index is -0.924. The van der Waals surface area contributed by atoms with E-state index in [1.54, 1.807) is 0 Å². The largest absolute Gasteiger partial charge is 0.480 e. The average molecular weight is 234 g/mol. The Morgan fingerprint density at radius 3 is 2.67 bits per heavy atom. The zero-order chi connectivity index (χ0) is 11.4. The number of aliphatic carboxylic acids is 1. The number of carboxylic acids is 1. The Bertz CT molecular complexity index is 223. The van der Waals surface area contributed by atoms with Gasteiger partial charge in [-0.15, -0.1) is 11.6 Å². The van der Waals surface area contributed by atoms with Crippen molar-refractivity contribution in [3.05, 3.63) is 0 Å². The predicted molar refractivity (Wildman–Crippen MR) is 61.3 cm³/mol. The molecular weight excluding hydrogens is 214 g/mol. The van der Waals surface area contributed by atoms with Gasteiger partial charge in [-0.1, -0.05) is 19.8 Å². The van der Waals surface area contributed by atoms with Gasteiger partial charge in [0, 0.05) is 12.6 Å². The molecule has 0 aromatic carbocycles. The summed E-state index contributed by atoms with van der Waals surface area (Å²) in [6.45, 7) is 2.68. The van der Waals surface area contributed by atoms with Crippen LogP contribution in [0.25, 0.3) is 0 Å². The number of rotatable bonds is 4. The van der Waals surface area contributed by atoms with Gasteiger partial charge in [0.05, 0.1) is 0 Å². The first-order chi connectivity index (χ1) is 7.02. The topological polar surface area (TPSA) is 40.5 Å². The molecule has 0 amide bonds. The van der Waals surface area contributed by atoms with Crippen LogP contribution in [-0.4, -0.2) is 41.0 Å². The van der Waals surface area contributed by atoms with Gasteiger partial charge in [-0.25, -0.2) is 0 Å². The highest BCUT2D eigenvalue weighted by molar-refractivity contribution is 6.29. The molecule has 0 aromatic rings. The van der Waals surface area contributed by atoms with E-state index in [0.717, 1.165) is 0 Å². The number of nitrogens with zero attached hydrogens (tertiary/aromatic N) is 1. The molecule has 4 heteroatoms. The molecule has 0 aliphatic heterocycles. The lowest BCUT2D eigenvalue weighted by atomic mass is 9.85. The van der Waals surface area contributed by atoms with Crippen molar-refractivity contribution in [2.75, 3.05) is 13.6 Å². The number of halogens is 1. The lowest BCUT2D eigenvalue weighted by Crippen LogP contribution is -2.43. The van der Waals surface area contributed by atoms with Crippen LogP contribution in [-0.2, 0) is 4.79 Å². The lowest BCUT2D eigenvalue weighted by molar-refractivity contribution is -0.137. The Balaban J connectivity index is 2.44. The molecular formula is C11H20ClNO2. The maximum absolute atomic E-state index is 10.6. The number of hydrogen-bond acceptors (Lipinski definition) is 2. The normalized spacial score (nSPS) is 29.1. The molecule has 3 unspecified atom stereocenters. The zero-order valence-electron chi connectivity index (χ0n) is 9.45. The Hall–Kier alpha value is -0.280. The minimum absolute atomic E-state index is 0.436. The number of carbonyl (C=O) groups is 1. The van der Waals surface area contributed by atoms with E-state index in [1.165, 1.54) is 25.7 Å². The zero-order valence-corrected chi connectivity index (χ0v) is 10.2. The highest BCUT2D eigenvalue weighted by atomic mass is 35.5. The molecule has 0 aromatic heterocycles. The summed E-state index contributed by atoms with van der Waals surface area (Å²) in [4.78, 5) is 12.7. The number of carboxylic acid groups (broad SMARTS) is 1. The second-order valence-corrected chi connectivity index (χ2v) is 5.10. The van der Waals surface area contributed by atoms with Crippen LogP contribution in [0.3, 0.4) is 0 Å². The highest BCUT2D eigenvalue weighted by Gasteiger charge is 2.27. The molecule has 1 rings (SSSR count). The Labute approximate surface area is 96.4 Å². The molecule has 88 valence electrons. The highest BCUT2D eigenvalue weighted by Crippen LogP contribution is 2.27. The first-order valence-corrected chi connectivity index (χ1v) is 6.03. The smallest absolute Gasteiger partial charge is 0.322 e. The molecule has 1 fully saturated rings. The van der Waals surface area contributed by atoms with Gasteiger partial charge < -0.3 is 10.0 Å². The molecule has 0 saturated heterocycles. The van der Waals surface area contributed by atoms with Gasteiger partial charge in [-0.2, -0.15) is 0 Å². The van der Waals surface area contributed by atoms with Crippen molar-refractivity contribution in [2.45, 2.75) is 44.0 Å². The first-order valence-electron chi connectivity index (χ1n) is 5.59. The third-order valence-corrected chi connectivity index (χ3v) is 3.67. The van der Waals surface area contributed by atoms with E-state index in [9.17, 15) is 4.79 Å². The van der Waals surface area contributed by atoms with E-state index in [2.05, 4.69) is 11.8 Å². The van der Waals surface area contributed by atoms with Gasteiger partial charge >= 0.3 is 5.97 Å². The number of alkyl halides is 1. The van der Waals surface area contributed by atoms with Crippen LogP contribution in [0.2, 0.25) is 0 Å². The summed E-state index contributed by atoms with van der Waals surface area (Å²) < 4.78 is 0. The molecule has 0 bridgehead atoms. The molecule has 1 aliphatic rings. The fourth-order valence-corrected chi connectivity index (χ4v) is 2.64. The van der Waals surface area contributed by atoms with Gasteiger partial charge in [0.2, 0.25) is 0 Å². The summed E-state index contributed by atoms with van der Waals surface area (Å²) >= 11 is 5.74. The maximum atomic E-state index is 10.6. The summed E-state index contributed by atoms with van der Waals surface area (Å²) in [7, 11) is 1.98. The van der Waals surface area contributed by atoms with E-state index < -0.39 is 11.3 Å². The minimum Gasteiger partial charge on any atom is -0.480 e.